The smallest absolute Gasteiger partial charge is 0.493 e. The fraction of sp³-hybridized carbons (Fsp3) is 0.170. The van der Waals surface area contributed by atoms with E-state index >= 15 is 0 Å². The number of amides is 1. The van der Waals surface area contributed by atoms with E-state index in [1.165, 1.54) is 74.5 Å². The number of ether oxygens (including phenoxy) is 4. The second-order valence-electron chi connectivity index (χ2n) is 31.3. The summed E-state index contributed by atoms with van der Waals surface area (Å²) in [4.78, 5) is 24.2. The first-order valence-corrected chi connectivity index (χ1v) is 44.5. The summed E-state index contributed by atoms with van der Waals surface area (Å²) in [5.74, 6) is 32.6. The van der Waals surface area contributed by atoms with Crippen LogP contribution >= 0.6 is 0 Å². The number of para-hydroxylation sites is 3. The lowest BCUT2D eigenvalue weighted by Crippen LogP contribution is -2.17. The van der Waals surface area contributed by atoms with E-state index in [0.29, 0.717) is 23.6 Å². The Kier molecular flexibility index (Phi) is 63.2. The van der Waals surface area contributed by atoms with Crippen molar-refractivity contribution in [3.63, 3.8) is 0 Å². The number of alkyl halides is 3. The third-order valence-electron chi connectivity index (χ3n) is 19.7. The highest BCUT2D eigenvalue weighted by atomic mass is 19.4. The van der Waals surface area contributed by atoms with E-state index < -0.39 is 6.36 Å². The third-order valence-corrected chi connectivity index (χ3v) is 19.7. The van der Waals surface area contributed by atoms with Crippen molar-refractivity contribution in [1.29, 1.82) is 0 Å². The first-order valence-electron chi connectivity index (χ1n) is 44.5. The number of carbonyl (C=O) groups is 1. The molecule has 1 amide bonds. The van der Waals surface area contributed by atoms with Crippen LogP contribution in [0.4, 0.5) is 18.9 Å². The molecule has 4 heterocycles. The number of anilines is 1. The van der Waals surface area contributed by atoms with Crippen LogP contribution in [-0.2, 0) is 0 Å². The molecule has 148 heavy (non-hydrogen) atoms. The second-order valence-corrected chi connectivity index (χ2v) is 31.3. The van der Waals surface area contributed by atoms with Gasteiger partial charge in [0.05, 0.1) is 18.8 Å². The van der Waals surface area contributed by atoms with Crippen molar-refractivity contribution < 1.29 is 41.3 Å². The van der Waals surface area contributed by atoms with Crippen molar-refractivity contribution in [2.75, 3.05) is 19.2 Å². The number of halogens is 3. The standard InChI is InChI=1S/C17H12.C15H14.2C15H12.C14H13NO.C13H10N2.C10H9N.C9H9F3O2.C9H8O.C8H8O2.10CH4/c1-15-11-13-17(14-12-15)10-6-5-9-16-7-3-2-4-8-16;3*1-13-7-9-15(10-8-13)12-11-14-5-3-2-4-6-14;1-11-7-9-12(10-8-11)14(16)15-13-5-3-2-4-6-13;1-11-2-4-12(5-3-11)6-7-13-10-14-8-9-15-13;1-8-6-7-9-4-2-3-5-10(9)11-8;1-6-3-4-7(13-2)8(5-6)14-9(10,11)12;1-7-6-8-4-2-3-5-9(8)10-7;1-6-2-3-7-8(4-6)10-5-9-7;;;;;;;;;;/h2-4,7-8,11-14H,1H3;2-12H,1H3;2*2-10H,1H3;2-10H,1H3,(H,15,16);2-5,8-10H,1H3;2-7H,1H3;3-5H,1-2H3;2-6H,1H3;2-4H,5H2,1H3;10*1H4/b;12-11+;;;;;;;;;;;;;;;;;;. The number of furan rings is 1. The molecule has 10 nitrogen and oxygen atoms in total. The summed E-state index contributed by atoms with van der Waals surface area (Å²) < 4.78 is 59.9. The minimum atomic E-state index is -4.69. The van der Waals surface area contributed by atoms with Crippen molar-refractivity contribution in [3.05, 3.63) is 536 Å². The SMILES string of the molecule is C.C.C.C.C.C.C.C.C.C.COc1ccc(C)cc1OC(F)(F)F.Cc1cc2ccccc2o1.Cc1ccc(/C=C/c2ccccc2)cc1.Cc1ccc(C#CC#Cc2ccccc2)cc1.Cc1ccc(C#Cc2ccccc2)cc1.Cc1ccc(C#Cc2ccccc2)cc1.Cc1ccc(C#Cc2cnccn2)cc1.Cc1ccc(C(=O)Nc2ccccc2)cc1.Cc1ccc2c(c1)OCO2.Cc1ccc2ccccc2n1. The van der Waals surface area contributed by atoms with Crippen LogP contribution in [0.5, 0.6) is 23.0 Å². The number of carbonyl (C=O) groups excluding carboxylic acids is 1. The minimum absolute atomic E-state index is 0. The predicted molar refractivity (Wildman–Crippen MR) is 626 cm³/mol. The predicted octanol–water partition coefficient (Wildman–Crippen LogP) is 36.1. The van der Waals surface area contributed by atoms with Gasteiger partial charge >= 0.3 is 6.36 Å². The second kappa shape index (κ2) is 71.7. The molecule has 18 aromatic rings. The van der Waals surface area contributed by atoms with Crippen LogP contribution < -0.4 is 24.3 Å². The van der Waals surface area contributed by atoms with Crippen molar-refractivity contribution in [3.8, 4) is 82.2 Å². The fourth-order valence-corrected chi connectivity index (χ4v) is 12.2. The number of pyridine rings is 1. The first-order chi connectivity index (χ1) is 67.0. The van der Waals surface area contributed by atoms with Gasteiger partial charge in [-0.3, -0.25) is 14.8 Å². The van der Waals surface area contributed by atoms with Crippen molar-refractivity contribution in [1.82, 2.24) is 15.0 Å². The average Bonchev–Trinajstić information content (AvgIpc) is 1.74. The van der Waals surface area contributed by atoms with Crippen molar-refractivity contribution in [2.45, 2.75) is 150 Å². The molecule has 1 aliphatic heterocycles. The number of nitrogens with one attached hydrogen (secondary N) is 1. The molecule has 0 aliphatic carbocycles. The molecular weight excluding hydrogens is 1830 g/mol. The van der Waals surface area contributed by atoms with Gasteiger partial charge in [-0.15, -0.1) is 13.2 Å². The van der Waals surface area contributed by atoms with Crippen LogP contribution in [0.1, 0.15) is 196 Å². The van der Waals surface area contributed by atoms with E-state index in [1.807, 2.05) is 313 Å². The maximum Gasteiger partial charge on any atom is 0.573 e. The van der Waals surface area contributed by atoms with Gasteiger partial charge < -0.3 is 28.7 Å². The number of benzene rings is 15. The van der Waals surface area contributed by atoms with Crippen molar-refractivity contribution in [2.24, 2.45) is 0 Å². The zero-order valence-electron chi connectivity index (χ0n) is 79.1. The molecular formula is C135H147F3N4O6. The maximum atomic E-state index is 11.9. The van der Waals surface area contributed by atoms with Gasteiger partial charge in [0.2, 0.25) is 6.79 Å². The molecule has 0 saturated carbocycles. The molecule has 0 radical (unpaired) electrons. The van der Waals surface area contributed by atoms with Gasteiger partial charge in [-0.25, -0.2) is 4.98 Å². The normalized spacial score (nSPS) is 9.36. The van der Waals surface area contributed by atoms with Crippen LogP contribution in [0, 0.1) is 128 Å². The summed E-state index contributed by atoms with van der Waals surface area (Å²) in [5.41, 5.74) is 24.3. The highest BCUT2D eigenvalue weighted by Gasteiger charge is 2.32. The number of nitrogens with zero attached hydrogens (tertiary/aromatic N) is 3. The minimum Gasteiger partial charge on any atom is -0.493 e. The summed E-state index contributed by atoms with van der Waals surface area (Å²) in [7, 11) is 1.29. The Balaban J connectivity index is 0.00000162. The van der Waals surface area contributed by atoms with E-state index in [0.717, 1.165) is 84.2 Å². The first kappa shape index (κ1) is 130. The Morgan fingerprint density at radius 2 is 0.716 bits per heavy atom. The Morgan fingerprint density at radius 1 is 0.345 bits per heavy atom. The van der Waals surface area contributed by atoms with Gasteiger partial charge in [-0.1, -0.05) is 404 Å². The van der Waals surface area contributed by atoms with Gasteiger partial charge in [0, 0.05) is 79.1 Å². The zero-order chi connectivity index (χ0) is 97.7. The number of hydrogen-bond acceptors (Lipinski definition) is 9. The molecule has 0 unspecified atom stereocenters. The Labute approximate surface area is 883 Å². The molecule has 1 N–H and O–H groups in total. The fourth-order valence-electron chi connectivity index (χ4n) is 12.2. The highest BCUT2D eigenvalue weighted by Crippen LogP contribution is 2.34. The molecule has 0 fully saturated rings. The summed E-state index contributed by atoms with van der Waals surface area (Å²) in [6, 6.07) is 131. The topological polar surface area (TPSA) is 118 Å². The molecule has 0 bridgehead atoms. The lowest BCUT2D eigenvalue weighted by atomic mass is 10.1. The molecule has 15 aromatic carbocycles. The molecule has 3 aromatic heterocycles. The summed E-state index contributed by atoms with van der Waals surface area (Å²) in [5, 5.41) is 5.23. The van der Waals surface area contributed by atoms with Gasteiger partial charge in [0.1, 0.15) is 17.0 Å². The molecule has 19 rings (SSSR count). The van der Waals surface area contributed by atoms with Gasteiger partial charge in [-0.05, 0) is 267 Å². The summed E-state index contributed by atoms with van der Waals surface area (Å²) in [6.07, 6.45) is 4.50. The lowest BCUT2D eigenvalue weighted by molar-refractivity contribution is -0.275. The van der Waals surface area contributed by atoms with E-state index in [-0.39, 0.29) is 91.7 Å². The number of rotatable bonds is 6. The molecule has 0 spiro atoms. The van der Waals surface area contributed by atoms with E-state index in [2.05, 4.69) is 228 Å². The number of methoxy groups -OCH3 is 1. The number of fused-ring (bicyclic) bond motifs is 3. The Bertz CT molecular complexity index is 6880. The molecule has 13 heteroatoms. The third kappa shape index (κ3) is 50.3. The van der Waals surface area contributed by atoms with E-state index in [4.69, 9.17) is 18.6 Å². The van der Waals surface area contributed by atoms with Crippen LogP contribution in [0.2, 0.25) is 0 Å². The van der Waals surface area contributed by atoms with Gasteiger partial charge in [0.15, 0.2) is 23.0 Å². The van der Waals surface area contributed by atoms with E-state index in [9.17, 15) is 18.0 Å². The summed E-state index contributed by atoms with van der Waals surface area (Å²) in [6.45, 7) is 20.4. The number of hydrogen-bond donors (Lipinski definition) is 1. The molecule has 0 atom stereocenters. The average molecular weight is 1980 g/mol. The quantitative estimate of drug-likeness (QED) is 0.128. The Hall–Kier alpha value is -17.7. The number of aryl methyl sites for hydroxylation is 10. The van der Waals surface area contributed by atoms with Crippen LogP contribution in [0.3, 0.4) is 0 Å². The summed E-state index contributed by atoms with van der Waals surface area (Å²) >= 11 is 0. The van der Waals surface area contributed by atoms with Gasteiger partial charge in [-0.2, -0.15) is 0 Å². The zero-order valence-corrected chi connectivity index (χ0v) is 79.1. The molecule has 764 valence electrons. The van der Waals surface area contributed by atoms with E-state index in [1.54, 1.807) is 31.6 Å². The van der Waals surface area contributed by atoms with Crippen LogP contribution in [0.15, 0.2) is 423 Å². The largest absolute Gasteiger partial charge is 0.573 e. The monoisotopic (exact) mass is 1980 g/mol. The van der Waals surface area contributed by atoms with Crippen LogP contribution in [-0.4, -0.2) is 41.1 Å². The molecule has 1 aliphatic rings. The molecule has 0 saturated heterocycles. The lowest BCUT2D eigenvalue weighted by Gasteiger charge is -2.12. The van der Waals surface area contributed by atoms with Crippen LogP contribution in [0.25, 0.3) is 34.0 Å². The number of aromatic nitrogens is 3. The van der Waals surface area contributed by atoms with Crippen molar-refractivity contribution >= 4 is 45.6 Å². The van der Waals surface area contributed by atoms with Gasteiger partial charge in [0.25, 0.3) is 5.91 Å². The Morgan fingerprint density at radius 3 is 1.17 bits per heavy atom. The highest BCUT2D eigenvalue weighted by molar-refractivity contribution is 6.04. The maximum absolute atomic E-state index is 11.9.